The molecule has 2 fully saturated rings. The smallest absolute Gasteiger partial charge is 0.313 e. The highest BCUT2D eigenvalue weighted by molar-refractivity contribution is 7.99. The number of hydrogen-bond donors (Lipinski definition) is 1. The molecule has 0 saturated heterocycles. The van der Waals surface area contributed by atoms with Crippen LogP contribution >= 0.6 is 11.8 Å². The summed E-state index contributed by atoms with van der Waals surface area (Å²) in [6.45, 7) is 2.21. The highest BCUT2D eigenvalue weighted by atomic mass is 32.2. The Kier molecular flexibility index (Phi) is 3.28. The molecule has 2 aliphatic carbocycles. The van der Waals surface area contributed by atoms with Crippen molar-refractivity contribution in [3.8, 4) is 0 Å². The van der Waals surface area contributed by atoms with Gasteiger partial charge in [-0.15, -0.1) is 10.2 Å². The first kappa shape index (κ1) is 13.0. The van der Waals surface area contributed by atoms with E-state index in [1.807, 2.05) is 0 Å². The molecule has 0 aromatic carbocycles. The SMILES string of the molecule is CCC1(n2c(SCC(=O)O)nnc2C2CC2)CCC1. The monoisotopic (exact) mass is 281 g/mol. The van der Waals surface area contributed by atoms with Gasteiger partial charge in [0.1, 0.15) is 5.82 Å². The van der Waals surface area contributed by atoms with E-state index >= 15 is 0 Å². The maximum absolute atomic E-state index is 10.8. The topological polar surface area (TPSA) is 68.0 Å². The predicted octanol–water partition coefficient (Wildman–Crippen LogP) is 2.62. The van der Waals surface area contributed by atoms with E-state index in [1.54, 1.807) is 0 Å². The standard InChI is InChI=1S/C13H19N3O2S/c1-2-13(6-3-7-13)16-11(9-4-5-9)14-15-12(16)19-8-10(17)18/h9H,2-8H2,1H3,(H,17,18). The molecule has 0 aliphatic heterocycles. The van der Waals surface area contributed by atoms with Gasteiger partial charge in [-0.05, 0) is 38.5 Å². The van der Waals surface area contributed by atoms with Gasteiger partial charge < -0.3 is 5.11 Å². The summed E-state index contributed by atoms with van der Waals surface area (Å²) in [6, 6.07) is 0. The fourth-order valence-corrected chi connectivity index (χ4v) is 3.64. The summed E-state index contributed by atoms with van der Waals surface area (Å²) in [5.74, 6) is 0.902. The van der Waals surface area contributed by atoms with Crippen molar-refractivity contribution in [2.75, 3.05) is 5.75 Å². The average molecular weight is 281 g/mol. The number of carboxylic acids is 1. The lowest BCUT2D eigenvalue weighted by molar-refractivity contribution is -0.133. The molecule has 1 heterocycles. The van der Waals surface area contributed by atoms with Crippen LogP contribution in [0.15, 0.2) is 5.16 Å². The van der Waals surface area contributed by atoms with Gasteiger partial charge in [-0.3, -0.25) is 9.36 Å². The van der Waals surface area contributed by atoms with Crippen molar-refractivity contribution in [2.24, 2.45) is 0 Å². The molecule has 1 aromatic rings. The molecule has 0 amide bonds. The zero-order chi connectivity index (χ0) is 13.5. The Bertz CT molecular complexity index is 487. The van der Waals surface area contributed by atoms with Crippen LogP contribution in [-0.4, -0.2) is 31.6 Å². The fourth-order valence-electron chi connectivity index (χ4n) is 2.87. The number of carboxylic acid groups (broad SMARTS) is 1. The molecule has 0 radical (unpaired) electrons. The second kappa shape index (κ2) is 4.81. The molecule has 2 saturated carbocycles. The van der Waals surface area contributed by atoms with Crippen molar-refractivity contribution < 1.29 is 9.90 Å². The molecule has 0 atom stereocenters. The van der Waals surface area contributed by atoms with Gasteiger partial charge in [0, 0.05) is 11.5 Å². The number of nitrogens with zero attached hydrogens (tertiary/aromatic N) is 3. The summed E-state index contributed by atoms with van der Waals surface area (Å²) in [5, 5.41) is 18.3. The Morgan fingerprint density at radius 1 is 1.47 bits per heavy atom. The number of carbonyl (C=O) groups is 1. The van der Waals surface area contributed by atoms with E-state index < -0.39 is 5.97 Å². The van der Waals surface area contributed by atoms with Gasteiger partial charge in [-0.2, -0.15) is 0 Å². The zero-order valence-corrected chi connectivity index (χ0v) is 11.9. The molecule has 0 spiro atoms. The molecule has 2 aliphatic rings. The van der Waals surface area contributed by atoms with Gasteiger partial charge in [0.2, 0.25) is 0 Å². The Labute approximate surface area is 116 Å². The average Bonchev–Trinajstić information content (AvgIpc) is 3.09. The van der Waals surface area contributed by atoms with E-state index in [1.165, 1.54) is 43.9 Å². The lowest BCUT2D eigenvalue weighted by Crippen LogP contribution is -2.41. The lowest BCUT2D eigenvalue weighted by Gasteiger charge is -2.43. The second-order valence-corrected chi connectivity index (χ2v) is 6.51. The first-order valence-corrected chi connectivity index (χ1v) is 7.95. The largest absolute Gasteiger partial charge is 0.481 e. The number of aromatic nitrogens is 3. The van der Waals surface area contributed by atoms with Crippen LogP contribution in [-0.2, 0) is 10.3 Å². The maximum Gasteiger partial charge on any atom is 0.313 e. The number of aliphatic carboxylic acids is 1. The second-order valence-electron chi connectivity index (χ2n) is 5.56. The van der Waals surface area contributed by atoms with Crippen LogP contribution in [0.4, 0.5) is 0 Å². The minimum atomic E-state index is -0.799. The third kappa shape index (κ3) is 2.26. The normalized spacial score (nSPS) is 21.1. The molecule has 6 heteroatoms. The van der Waals surface area contributed by atoms with Crippen LogP contribution in [0.5, 0.6) is 0 Å². The number of hydrogen-bond acceptors (Lipinski definition) is 4. The van der Waals surface area contributed by atoms with Crippen molar-refractivity contribution in [1.82, 2.24) is 14.8 Å². The summed E-state index contributed by atoms with van der Waals surface area (Å²) in [7, 11) is 0. The third-order valence-electron chi connectivity index (χ3n) is 4.34. The van der Waals surface area contributed by atoms with E-state index in [4.69, 9.17) is 5.11 Å². The van der Waals surface area contributed by atoms with Crippen molar-refractivity contribution in [2.45, 2.75) is 62.1 Å². The third-order valence-corrected chi connectivity index (χ3v) is 5.26. The van der Waals surface area contributed by atoms with Gasteiger partial charge >= 0.3 is 5.97 Å². The van der Waals surface area contributed by atoms with E-state index in [2.05, 4.69) is 21.7 Å². The first-order chi connectivity index (χ1) is 9.16. The summed E-state index contributed by atoms with van der Waals surface area (Å²) >= 11 is 1.30. The van der Waals surface area contributed by atoms with E-state index in [0.29, 0.717) is 5.92 Å². The van der Waals surface area contributed by atoms with E-state index in [-0.39, 0.29) is 11.3 Å². The maximum atomic E-state index is 10.8. The van der Waals surface area contributed by atoms with Crippen LogP contribution in [0.3, 0.4) is 0 Å². The van der Waals surface area contributed by atoms with Crippen LogP contribution in [0, 0.1) is 0 Å². The van der Waals surface area contributed by atoms with E-state index in [0.717, 1.165) is 17.4 Å². The molecule has 3 rings (SSSR count). The van der Waals surface area contributed by atoms with Gasteiger partial charge in [0.05, 0.1) is 5.75 Å². The molecule has 104 valence electrons. The number of thioether (sulfide) groups is 1. The summed E-state index contributed by atoms with van der Waals surface area (Å²) < 4.78 is 2.28. The van der Waals surface area contributed by atoms with Crippen molar-refractivity contribution >= 4 is 17.7 Å². The predicted molar refractivity (Wildman–Crippen MR) is 72.5 cm³/mol. The Morgan fingerprint density at radius 2 is 2.21 bits per heavy atom. The molecule has 19 heavy (non-hydrogen) atoms. The van der Waals surface area contributed by atoms with Crippen LogP contribution in [0.2, 0.25) is 0 Å². The Hall–Kier alpha value is -1.04. The van der Waals surface area contributed by atoms with Crippen molar-refractivity contribution in [3.05, 3.63) is 5.82 Å². The van der Waals surface area contributed by atoms with Gasteiger partial charge in [0.25, 0.3) is 0 Å². The van der Waals surface area contributed by atoms with Crippen LogP contribution < -0.4 is 0 Å². The van der Waals surface area contributed by atoms with E-state index in [9.17, 15) is 4.79 Å². The van der Waals surface area contributed by atoms with Gasteiger partial charge in [-0.25, -0.2) is 0 Å². The minimum Gasteiger partial charge on any atom is -0.481 e. The minimum absolute atomic E-state index is 0.0581. The van der Waals surface area contributed by atoms with Gasteiger partial charge in [-0.1, -0.05) is 18.7 Å². The fraction of sp³-hybridized carbons (Fsp3) is 0.769. The Balaban J connectivity index is 1.93. The van der Waals surface area contributed by atoms with Crippen molar-refractivity contribution in [3.63, 3.8) is 0 Å². The first-order valence-electron chi connectivity index (χ1n) is 6.97. The zero-order valence-electron chi connectivity index (χ0n) is 11.1. The molecule has 0 bridgehead atoms. The molecule has 5 nitrogen and oxygen atoms in total. The molecular formula is C13H19N3O2S. The highest BCUT2D eigenvalue weighted by Gasteiger charge is 2.43. The molecule has 1 N–H and O–H groups in total. The highest BCUT2D eigenvalue weighted by Crippen LogP contribution is 2.49. The molecule has 0 unspecified atom stereocenters. The number of rotatable bonds is 6. The van der Waals surface area contributed by atoms with Crippen LogP contribution in [0.1, 0.15) is 57.2 Å². The summed E-state index contributed by atoms with van der Waals surface area (Å²) in [4.78, 5) is 10.8. The molecule has 1 aromatic heterocycles. The molecular weight excluding hydrogens is 262 g/mol. The van der Waals surface area contributed by atoms with Crippen LogP contribution in [0.25, 0.3) is 0 Å². The quantitative estimate of drug-likeness (QED) is 0.812. The Morgan fingerprint density at radius 3 is 2.68 bits per heavy atom. The summed E-state index contributed by atoms with van der Waals surface area (Å²) in [5.41, 5.74) is 0.155. The van der Waals surface area contributed by atoms with Gasteiger partial charge in [0.15, 0.2) is 5.16 Å². The lowest BCUT2D eigenvalue weighted by atomic mass is 9.74. The summed E-state index contributed by atoms with van der Waals surface area (Å²) in [6.07, 6.45) is 7.05. The van der Waals surface area contributed by atoms with Crippen molar-refractivity contribution in [1.29, 1.82) is 0 Å².